The van der Waals surface area contributed by atoms with Crippen molar-refractivity contribution >= 4 is 27.8 Å². The number of nitrogens with one attached hydrogen (secondary N) is 1. The first-order chi connectivity index (χ1) is 14.2. The van der Waals surface area contributed by atoms with E-state index in [4.69, 9.17) is 9.26 Å². The van der Waals surface area contributed by atoms with Crippen LogP contribution in [-0.4, -0.2) is 31.5 Å². The Kier molecular flexibility index (Phi) is 4.55. The number of ether oxygens (including phenoxy) is 1. The van der Waals surface area contributed by atoms with Crippen LogP contribution in [0.15, 0.2) is 65.4 Å². The SMILES string of the molecule is COc1cc(Cn2cccn2)cc2onc(NS(=O)C3CC3c3ccccc3)c12. The Balaban J connectivity index is 1.37. The zero-order valence-corrected chi connectivity index (χ0v) is 16.6. The van der Waals surface area contributed by atoms with Crippen LogP contribution in [0.3, 0.4) is 0 Å². The number of fused-ring (bicyclic) bond motifs is 1. The van der Waals surface area contributed by atoms with Crippen molar-refractivity contribution in [2.45, 2.75) is 24.1 Å². The molecule has 7 nitrogen and oxygen atoms in total. The summed E-state index contributed by atoms with van der Waals surface area (Å²) in [6.07, 6.45) is 4.53. The summed E-state index contributed by atoms with van der Waals surface area (Å²) in [5.41, 5.74) is 2.79. The smallest absolute Gasteiger partial charge is 0.192 e. The number of nitrogens with zero attached hydrogens (tertiary/aromatic N) is 3. The molecule has 2 heterocycles. The lowest BCUT2D eigenvalue weighted by Gasteiger charge is -2.08. The maximum absolute atomic E-state index is 12.8. The second-order valence-electron chi connectivity index (χ2n) is 7.10. The lowest BCUT2D eigenvalue weighted by atomic mass is 10.1. The van der Waals surface area contributed by atoms with Gasteiger partial charge in [0.15, 0.2) is 11.4 Å². The van der Waals surface area contributed by atoms with E-state index in [9.17, 15) is 4.21 Å². The molecule has 2 aromatic carbocycles. The maximum Gasteiger partial charge on any atom is 0.192 e. The summed E-state index contributed by atoms with van der Waals surface area (Å²) < 4.78 is 28.8. The topological polar surface area (TPSA) is 82.2 Å². The van der Waals surface area contributed by atoms with Crippen molar-refractivity contribution in [2.24, 2.45) is 0 Å². The van der Waals surface area contributed by atoms with Gasteiger partial charge >= 0.3 is 0 Å². The fraction of sp³-hybridized carbons (Fsp3) is 0.238. The van der Waals surface area contributed by atoms with E-state index < -0.39 is 11.0 Å². The van der Waals surface area contributed by atoms with Crippen molar-refractivity contribution in [3.63, 3.8) is 0 Å². The molecule has 3 unspecified atom stereocenters. The number of rotatable bonds is 7. The number of methoxy groups -OCH3 is 1. The normalized spacial score (nSPS) is 19.2. The van der Waals surface area contributed by atoms with Crippen molar-refractivity contribution < 1.29 is 13.5 Å². The first-order valence-corrected chi connectivity index (χ1v) is 10.6. The minimum Gasteiger partial charge on any atom is -0.496 e. The van der Waals surface area contributed by atoms with E-state index in [1.165, 1.54) is 5.56 Å². The zero-order valence-electron chi connectivity index (χ0n) is 15.8. The summed E-state index contributed by atoms with van der Waals surface area (Å²) in [4.78, 5) is 0. The lowest BCUT2D eigenvalue weighted by Crippen LogP contribution is -2.11. The van der Waals surface area contributed by atoms with Crippen LogP contribution in [0, 0.1) is 0 Å². The summed E-state index contributed by atoms with van der Waals surface area (Å²) >= 11 is 0. The van der Waals surface area contributed by atoms with Gasteiger partial charge in [0.05, 0.1) is 18.9 Å². The Morgan fingerprint density at radius 1 is 1.28 bits per heavy atom. The van der Waals surface area contributed by atoms with Crippen LogP contribution in [-0.2, 0) is 17.5 Å². The van der Waals surface area contributed by atoms with E-state index in [0.717, 1.165) is 12.0 Å². The van der Waals surface area contributed by atoms with Gasteiger partial charge in [-0.25, -0.2) is 4.21 Å². The Morgan fingerprint density at radius 3 is 2.90 bits per heavy atom. The third-order valence-electron chi connectivity index (χ3n) is 5.15. The van der Waals surface area contributed by atoms with Gasteiger partial charge in [0.1, 0.15) is 22.1 Å². The van der Waals surface area contributed by atoms with Gasteiger partial charge in [-0.15, -0.1) is 0 Å². The zero-order chi connectivity index (χ0) is 19.8. The van der Waals surface area contributed by atoms with E-state index >= 15 is 0 Å². The fourth-order valence-electron chi connectivity index (χ4n) is 3.62. The summed E-state index contributed by atoms with van der Waals surface area (Å²) in [6, 6.07) is 15.9. The summed E-state index contributed by atoms with van der Waals surface area (Å²) in [5, 5.41) is 9.10. The molecule has 5 rings (SSSR count). The molecule has 4 aromatic rings. The Morgan fingerprint density at radius 2 is 2.14 bits per heavy atom. The molecule has 29 heavy (non-hydrogen) atoms. The highest BCUT2D eigenvalue weighted by Gasteiger charge is 2.43. The van der Waals surface area contributed by atoms with Crippen molar-refractivity contribution in [1.82, 2.24) is 14.9 Å². The van der Waals surface area contributed by atoms with Gasteiger partial charge in [0.2, 0.25) is 0 Å². The molecule has 1 N–H and O–H groups in total. The summed E-state index contributed by atoms with van der Waals surface area (Å²) in [7, 11) is 0.343. The third-order valence-corrected chi connectivity index (χ3v) is 6.62. The number of hydrogen-bond donors (Lipinski definition) is 1. The van der Waals surface area contributed by atoms with Gasteiger partial charge in [-0.2, -0.15) is 5.10 Å². The number of hydrogen-bond acceptors (Lipinski definition) is 5. The molecular weight excluding hydrogens is 388 g/mol. The maximum atomic E-state index is 12.8. The molecule has 2 aromatic heterocycles. The monoisotopic (exact) mass is 408 g/mol. The Hall–Kier alpha value is -3.13. The highest BCUT2D eigenvalue weighted by molar-refractivity contribution is 7.87. The van der Waals surface area contributed by atoms with Crippen molar-refractivity contribution in [3.8, 4) is 5.75 Å². The molecule has 1 aliphatic rings. The van der Waals surface area contributed by atoms with E-state index in [-0.39, 0.29) is 5.25 Å². The highest BCUT2D eigenvalue weighted by Crippen LogP contribution is 2.45. The van der Waals surface area contributed by atoms with Crippen molar-refractivity contribution in [1.29, 1.82) is 0 Å². The molecule has 1 aliphatic carbocycles. The van der Waals surface area contributed by atoms with Crippen molar-refractivity contribution in [2.75, 3.05) is 11.8 Å². The minimum atomic E-state index is -1.26. The molecule has 0 spiro atoms. The van der Waals surface area contributed by atoms with Gasteiger partial charge in [0.25, 0.3) is 0 Å². The average Bonchev–Trinajstić information content (AvgIpc) is 3.21. The van der Waals surface area contributed by atoms with E-state index in [2.05, 4.69) is 27.1 Å². The minimum absolute atomic E-state index is 0.0641. The molecule has 0 bridgehead atoms. The average molecular weight is 408 g/mol. The van der Waals surface area contributed by atoms with Crippen LogP contribution in [0.2, 0.25) is 0 Å². The molecule has 0 saturated heterocycles. The predicted octanol–water partition coefficient (Wildman–Crippen LogP) is 3.71. The van der Waals surface area contributed by atoms with E-state index in [0.29, 0.717) is 35.0 Å². The molecule has 0 aliphatic heterocycles. The molecule has 148 valence electrons. The van der Waals surface area contributed by atoms with Crippen LogP contribution in [0.25, 0.3) is 11.0 Å². The fourth-order valence-corrected chi connectivity index (χ4v) is 4.94. The standard InChI is InChI=1S/C21H20N4O3S/c1-27-17-10-14(13-25-9-5-8-22-25)11-18-20(17)21(23-28-18)24-29(26)19-12-16(19)15-6-3-2-4-7-15/h2-11,16,19H,12-13H2,1H3,(H,23,24). The largest absolute Gasteiger partial charge is 0.496 e. The third kappa shape index (κ3) is 3.51. The van der Waals surface area contributed by atoms with Crippen LogP contribution >= 0.6 is 0 Å². The van der Waals surface area contributed by atoms with Crippen LogP contribution < -0.4 is 9.46 Å². The quantitative estimate of drug-likeness (QED) is 0.504. The molecule has 0 amide bonds. The van der Waals surface area contributed by atoms with Crippen LogP contribution in [0.1, 0.15) is 23.5 Å². The first-order valence-electron chi connectivity index (χ1n) is 9.39. The molecule has 0 radical (unpaired) electrons. The summed E-state index contributed by atoms with van der Waals surface area (Å²) in [6.45, 7) is 0.593. The predicted molar refractivity (Wildman–Crippen MR) is 111 cm³/mol. The highest BCUT2D eigenvalue weighted by atomic mass is 32.2. The van der Waals surface area contributed by atoms with Gasteiger partial charge in [-0.1, -0.05) is 35.5 Å². The van der Waals surface area contributed by atoms with Gasteiger partial charge in [0, 0.05) is 18.3 Å². The molecular formula is C21H20N4O3S. The van der Waals surface area contributed by atoms with Gasteiger partial charge in [-0.3, -0.25) is 9.40 Å². The van der Waals surface area contributed by atoms with E-state index in [1.54, 1.807) is 13.3 Å². The van der Waals surface area contributed by atoms with E-state index in [1.807, 2.05) is 47.3 Å². The second kappa shape index (κ2) is 7.36. The molecule has 1 fully saturated rings. The molecule has 1 saturated carbocycles. The number of aromatic nitrogens is 3. The lowest BCUT2D eigenvalue weighted by molar-refractivity contribution is 0.418. The van der Waals surface area contributed by atoms with Crippen LogP contribution in [0.4, 0.5) is 5.82 Å². The van der Waals surface area contributed by atoms with Gasteiger partial charge in [-0.05, 0) is 35.7 Å². The second-order valence-corrected chi connectivity index (χ2v) is 8.50. The first kappa shape index (κ1) is 17.9. The molecule has 3 atom stereocenters. The molecule has 8 heteroatoms. The summed E-state index contributed by atoms with van der Waals surface area (Å²) in [5.74, 6) is 1.38. The number of anilines is 1. The Labute approximate surface area is 170 Å². The number of benzene rings is 2. The van der Waals surface area contributed by atoms with Crippen LogP contribution in [0.5, 0.6) is 5.75 Å². The Bertz CT molecular complexity index is 1160. The van der Waals surface area contributed by atoms with Crippen molar-refractivity contribution in [3.05, 3.63) is 72.1 Å². The van der Waals surface area contributed by atoms with Gasteiger partial charge < -0.3 is 9.26 Å².